The molecule has 1 atom stereocenters. The number of imidazole rings is 1. The minimum absolute atomic E-state index is 0.159. The smallest absolute Gasteiger partial charge is 0.201 e. The van der Waals surface area contributed by atoms with E-state index in [2.05, 4.69) is 40.5 Å². The van der Waals surface area contributed by atoms with Crippen LogP contribution in [0.15, 0.2) is 29.8 Å². The lowest BCUT2D eigenvalue weighted by atomic mass is 10.2. The van der Waals surface area contributed by atoms with Crippen molar-refractivity contribution in [2.24, 2.45) is 0 Å². The Bertz CT molecular complexity index is 700. The molecule has 98 valence electrons. The summed E-state index contributed by atoms with van der Waals surface area (Å²) in [5.41, 5.74) is 9.35. The van der Waals surface area contributed by atoms with Gasteiger partial charge in [-0.05, 0) is 31.0 Å². The minimum Gasteiger partial charge on any atom is -0.369 e. The molecule has 2 aromatic heterocycles. The zero-order valence-electron chi connectivity index (χ0n) is 11.0. The number of fused-ring (bicyclic) bond motifs is 1. The van der Waals surface area contributed by atoms with Gasteiger partial charge in [-0.3, -0.25) is 0 Å². The van der Waals surface area contributed by atoms with Gasteiger partial charge in [0, 0.05) is 11.6 Å². The Balaban J connectivity index is 2.23. The zero-order valence-corrected chi connectivity index (χ0v) is 11.8. The quantitative estimate of drug-likeness (QED) is 0.795. The van der Waals surface area contributed by atoms with Crippen LogP contribution in [0.25, 0.3) is 11.0 Å². The third kappa shape index (κ3) is 2.00. The van der Waals surface area contributed by atoms with E-state index >= 15 is 0 Å². The maximum Gasteiger partial charge on any atom is 0.201 e. The van der Waals surface area contributed by atoms with E-state index in [0.29, 0.717) is 5.95 Å². The highest BCUT2D eigenvalue weighted by Crippen LogP contribution is 2.31. The molecule has 0 radical (unpaired) electrons. The van der Waals surface area contributed by atoms with Crippen molar-refractivity contribution in [3.63, 3.8) is 0 Å². The number of hydrogen-bond donors (Lipinski definition) is 1. The molecule has 3 rings (SSSR count). The molecular weight excluding hydrogens is 256 g/mol. The Morgan fingerprint density at radius 2 is 2.26 bits per heavy atom. The van der Waals surface area contributed by atoms with Gasteiger partial charge in [-0.15, -0.1) is 11.3 Å². The second-order valence-corrected chi connectivity index (χ2v) is 5.55. The van der Waals surface area contributed by atoms with Crippen molar-refractivity contribution in [3.8, 4) is 0 Å². The van der Waals surface area contributed by atoms with Gasteiger partial charge in [-0.2, -0.15) is 0 Å². The van der Waals surface area contributed by atoms with E-state index in [1.165, 1.54) is 5.56 Å². The van der Waals surface area contributed by atoms with Gasteiger partial charge in [0.2, 0.25) is 5.95 Å². The zero-order chi connectivity index (χ0) is 13.4. The van der Waals surface area contributed by atoms with Gasteiger partial charge < -0.3 is 10.3 Å². The topological polar surface area (TPSA) is 56.7 Å². The fourth-order valence-electron chi connectivity index (χ4n) is 2.42. The van der Waals surface area contributed by atoms with Crippen molar-refractivity contribution in [2.75, 3.05) is 5.73 Å². The molecule has 0 spiro atoms. The van der Waals surface area contributed by atoms with Crippen LogP contribution in [0.4, 0.5) is 5.95 Å². The standard InChI is InChI=1S/C14H16N4S/c1-3-11(13-16-6-7-19-13)18-12-8-9(2)4-5-10(12)17-14(18)15/h4-8,11H,3H2,1-2H3,(H2,15,17). The number of thiazole rings is 1. The summed E-state index contributed by atoms with van der Waals surface area (Å²) in [6, 6.07) is 6.37. The highest BCUT2D eigenvalue weighted by atomic mass is 32.1. The summed E-state index contributed by atoms with van der Waals surface area (Å²) in [4.78, 5) is 8.88. The number of hydrogen-bond acceptors (Lipinski definition) is 4. The lowest BCUT2D eigenvalue weighted by molar-refractivity contribution is 0.585. The predicted octanol–water partition coefficient (Wildman–Crippen LogP) is 3.38. The van der Waals surface area contributed by atoms with Crippen molar-refractivity contribution >= 4 is 28.3 Å². The summed E-state index contributed by atoms with van der Waals surface area (Å²) in [6.45, 7) is 4.23. The van der Waals surface area contributed by atoms with E-state index in [4.69, 9.17) is 5.73 Å². The van der Waals surface area contributed by atoms with E-state index in [1.807, 2.05) is 17.6 Å². The summed E-state index contributed by atoms with van der Waals surface area (Å²) in [5, 5.41) is 3.08. The second-order valence-electron chi connectivity index (χ2n) is 4.63. The van der Waals surface area contributed by atoms with Gasteiger partial charge in [0.05, 0.1) is 17.1 Å². The average Bonchev–Trinajstić information content (AvgIpc) is 3.00. The number of aryl methyl sites for hydroxylation is 1. The molecule has 4 nitrogen and oxygen atoms in total. The van der Waals surface area contributed by atoms with Gasteiger partial charge in [-0.1, -0.05) is 13.0 Å². The van der Waals surface area contributed by atoms with E-state index in [0.717, 1.165) is 22.5 Å². The Kier molecular flexibility index (Phi) is 2.98. The fourth-order valence-corrected chi connectivity index (χ4v) is 3.23. The number of anilines is 1. The molecule has 0 bridgehead atoms. The molecule has 3 aromatic rings. The number of nitrogens with two attached hydrogens (primary N) is 1. The van der Waals surface area contributed by atoms with Crippen molar-refractivity contribution in [1.29, 1.82) is 0 Å². The number of aromatic nitrogens is 3. The molecule has 0 aliphatic rings. The Hall–Kier alpha value is -1.88. The van der Waals surface area contributed by atoms with Crippen molar-refractivity contribution in [3.05, 3.63) is 40.3 Å². The second kappa shape index (κ2) is 4.66. The third-order valence-electron chi connectivity index (χ3n) is 3.31. The van der Waals surface area contributed by atoms with Gasteiger partial charge in [0.25, 0.3) is 0 Å². The first kappa shape index (κ1) is 12.2. The monoisotopic (exact) mass is 272 g/mol. The molecule has 0 fully saturated rings. The highest BCUT2D eigenvalue weighted by molar-refractivity contribution is 7.09. The van der Waals surface area contributed by atoms with Crippen LogP contribution in [0, 0.1) is 6.92 Å². The summed E-state index contributed by atoms with van der Waals surface area (Å²) in [6.07, 6.45) is 2.78. The first-order chi connectivity index (χ1) is 9.20. The lowest BCUT2D eigenvalue weighted by Gasteiger charge is -2.16. The minimum atomic E-state index is 0.159. The van der Waals surface area contributed by atoms with Crippen LogP contribution in [0.1, 0.15) is 30.0 Å². The normalized spacial score (nSPS) is 12.9. The molecule has 1 unspecified atom stereocenters. The first-order valence-corrected chi connectivity index (χ1v) is 7.22. The molecule has 0 saturated heterocycles. The van der Waals surface area contributed by atoms with Gasteiger partial charge in [-0.25, -0.2) is 9.97 Å². The maximum atomic E-state index is 6.11. The summed E-state index contributed by atoms with van der Waals surface area (Å²) >= 11 is 1.66. The van der Waals surface area contributed by atoms with Gasteiger partial charge in [0.15, 0.2) is 0 Å². The van der Waals surface area contributed by atoms with Crippen LogP contribution in [0.2, 0.25) is 0 Å². The molecule has 5 heteroatoms. The van der Waals surface area contributed by atoms with Crippen LogP contribution in [0.3, 0.4) is 0 Å². The molecule has 0 saturated carbocycles. The number of nitrogens with zero attached hydrogens (tertiary/aromatic N) is 3. The SMILES string of the molecule is CCC(c1nccs1)n1c(N)nc2ccc(C)cc21. The largest absolute Gasteiger partial charge is 0.369 e. The molecule has 2 heterocycles. The fraction of sp³-hybridized carbons (Fsp3) is 0.286. The Morgan fingerprint density at radius 3 is 2.95 bits per heavy atom. The Labute approximate surface area is 115 Å². The van der Waals surface area contributed by atoms with Crippen LogP contribution in [0.5, 0.6) is 0 Å². The van der Waals surface area contributed by atoms with E-state index in [1.54, 1.807) is 11.3 Å². The van der Waals surface area contributed by atoms with Crippen LogP contribution < -0.4 is 5.73 Å². The summed E-state index contributed by atoms with van der Waals surface area (Å²) < 4.78 is 2.10. The molecular formula is C14H16N4S. The number of nitrogen functional groups attached to an aromatic ring is 1. The third-order valence-corrected chi connectivity index (χ3v) is 4.18. The molecule has 0 amide bonds. The van der Waals surface area contributed by atoms with Crippen molar-refractivity contribution in [2.45, 2.75) is 26.3 Å². The van der Waals surface area contributed by atoms with Crippen LogP contribution in [-0.4, -0.2) is 14.5 Å². The molecule has 1 aromatic carbocycles. The first-order valence-electron chi connectivity index (χ1n) is 6.34. The molecule has 19 heavy (non-hydrogen) atoms. The number of rotatable bonds is 3. The number of benzene rings is 1. The lowest BCUT2D eigenvalue weighted by Crippen LogP contribution is -2.12. The van der Waals surface area contributed by atoms with Crippen molar-refractivity contribution < 1.29 is 0 Å². The van der Waals surface area contributed by atoms with Crippen LogP contribution in [-0.2, 0) is 0 Å². The molecule has 0 aliphatic carbocycles. The predicted molar refractivity (Wildman–Crippen MR) is 79.4 cm³/mol. The molecule has 0 aliphatic heterocycles. The Morgan fingerprint density at radius 1 is 1.42 bits per heavy atom. The molecule has 2 N–H and O–H groups in total. The summed E-state index contributed by atoms with van der Waals surface area (Å²) in [5.74, 6) is 0.558. The van der Waals surface area contributed by atoms with Crippen LogP contribution >= 0.6 is 11.3 Å². The van der Waals surface area contributed by atoms with Gasteiger partial charge >= 0.3 is 0 Å². The van der Waals surface area contributed by atoms with E-state index in [9.17, 15) is 0 Å². The van der Waals surface area contributed by atoms with E-state index < -0.39 is 0 Å². The summed E-state index contributed by atoms with van der Waals surface area (Å²) in [7, 11) is 0. The maximum absolute atomic E-state index is 6.11. The average molecular weight is 272 g/mol. The highest BCUT2D eigenvalue weighted by Gasteiger charge is 2.20. The van der Waals surface area contributed by atoms with E-state index in [-0.39, 0.29) is 6.04 Å². The van der Waals surface area contributed by atoms with Crippen molar-refractivity contribution in [1.82, 2.24) is 14.5 Å². The van der Waals surface area contributed by atoms with Gasteiger partial charge in [0.1, 0.15) is 5.01 Å².